The number of rotatable bonds is 6. The van der Waals surface area contributed by atoms with E-state index in [-0.39, 0.29) is 5.78 Å². The topological polar surface area (TPSA) is 44.8 Å². The van der Waals surface area contributed by atoms with Gasteiger partial charge in [-0.15, -0.1) is 11.3 Å². The smallest absolute Gasteiger partial charge is 0.195 e. The van der Waals surface area contributed by atoms with Crippen LogP contribution < -0.4 is 14.2 Å². The molecular weight excluding hydrogens is 396 g/mol. The molecule has 0 N–H and O–H groups in total. The highest BCUT2D eigenvalue weighted by Gasteiger charge is 2.22. The number of fused-ring (bicyclic) bond motifs is 1. The zero-order valence-electron chi connectivity index (χ0n) is 17.3. The second-order valence-electron chi connectivity index (χ2n) is 6.93. The Morgan fingerprint density at radius 2 is 1.53 bits per heavy atom. The van der Waals surface area contributed by atoms with Crippen LogP contribution in [0.3, 0.4) is 0 Å². The van der Waals surface area contributed by atoms with Gasteiger partial charge in [0.25, 0.3) is 0 Å². The maximum absolute atomic E-state index is 13.6. The van der Waals surface area contributed by atoms with Crippen molar-refractivity contribution in [3.05, 3.63) is 77.4 Å². The third-order valence-corrected chi connectivity index (χ3v) is 6.27. The van der Waals surface area contributed by atoms with E-state index in [1.807, 2.05) is 42.5 Å². The molecule has 0 radical (unpaired) electrons. The van der Waals surface area contributed by atoms with Gasteiger partial charge in [0.15, 0.2) is 17.3 Å². The lowest BCUT2D eigenvalue weighted by Gasteiger charge is -2.10. The summed E-state index contributed by atoms with van der Waals surface area (Å²) in [6.07, 6.45) is 0. The number of hydrogen-bond donors (Lipinski definition) is 0. The molecule has 0 bridgehead atoms. The first-order valence-corrected chi connectivity index (χ1v) is 10.3. The summed E-state index contributed by atoms with van der Waals surface area (Å²) in [5.41, 5.74) is 3.40. The SMILES string of the molecule is COc1ccc(C(=O)c2c(-c3ccc(OC)c(OC)c3)sc3cc(C)ccc23)cc1. The average Bonchev–Trinajstić information content (AvgIpc) is 3.16. The molecule has 3 aromatic carbocycles. The highest BCUT2D eigenvalue weighted by Crippen LogP contribution is 2.42. The highest BCUT2D eigenvalue weighted by molar-refractivity contribution is 7.22. The van der Waals surface area contributed by atoms with Crippen molar-refractivity contribution >= 4 is 27.2 Å². The van der Waals surface area contributed by atoms with Crippen LogP contribution in [0.25, 0.3) is 20.5 Å². The van der Waals surface area contributed by atoms with E-state index in [2.05, 4.69) is 13.0 Å². The molecule has 4 nitrogen and oxygen atoms in total. The summed E-state index contributed by atoms with van der Waals surface area (Å²) >= 11 is 1.61. The van der Waals surface area contributed by atoms with Crippen molar-refractivity contribution in [1.29, 1.82) is 0 Å². The van der Waals surface area contributed by atoms with E-state index in [9.17, 15) is 4.79 Å². The van der Waals surface area contributed by atoms with E-state index in [0.29, 0.717) is 22.6 Å². The number of hydrogen-bond acceptors (Lipinski definition) is 5. The van der Waals surface area contributed by atoms with Gasteiger partial charge >= 0.3 is 0 Å². The van der Waals surface area contributed by atoms with Crippen LogP contribution in [0.5, 0.6) is 17.2 Å². The van der Waals surface area contributed by atoms with Crippen LogP contribution in [0, 0.1) is 6.92 Å². The zero-order valence-corrected chi connectivity index (χ0v) is 18.1. The first-order chi connectivity index (χ1) is 14.5. The molecule has 0 spiro atoms. The van der Waals surface area contributed by atoms with Gasteiger partial charge in [-0.05, 0) is 66.6 Å². The fraction of sp³-hybridized carbons (Fsp3) is 0.160. The largest absolute Gasteiger partial charge is 0.497 e. The molecule has 1 aromatic heterocycles. The van der Waals surface area contributed by atoms with E-state index in [1.165, 1.54) is 0 Å². The predicted molar refractivity (Wildman–Crippen MR) is 122 cm³/mol. The van der Waals surface area contributed by atoms with Gasteiger partial charge in [-0.3, -0.25) is 4.79 Å². The van der Waals surface area contributed by atoms with Crippen LogP contribution in [0.2, 0.25) is 0 Å². The van der Waals surface area contributed by atoms with Crippen molar-refractivity contribution in [2.24, 2.45) is 0 Å². The standard InChI is InChI=1S/C25H22O4S/c1-15-5-11-19-22(13-15)30-25(17-8-12-20(28-3)21(14-17)29-4)23(19)24(26)16-6-9-18(27-2)10-7-16/h5-14H,1-4H3. The maximum Gasteiger partial charge on any atom is 0.195 e. The quantitative estimate of drug-likeness (QED) is 0.353. The molecule has 1 heterocycles. The Bertz CT molecular complexity index is 1220. The van der Waals surface area contributed by atoms with Gasteiger partial charge in [0.1, 0.15) is 5.75 Å². The fourth-order valence-electron chi connectivity index (χ4n) is 3.50. The monoisotopic (exact) mass is 418 g/mol. The van der Waals surface area contributed by atoms with Crippen LogP contribution in [0.1, 0.15) is 21.5 Å². The molecule has 0 aliphatic heterocycles. The van der Waals surface area contributed by atoms with Crippen molar-refractivity contribution < 1.29 is 19.0 Å². The second kappa shape index (κ2) is 8.20. The summed E-state index contributed by atoms with van der Waals surface area (Å²) < 4.78 is 17.2. The summed E-state index contributed by atoms with van der Waals surface area (Å²) in [6.45, 7) is 2.06. The minimum Gasteiger partial charge on any atom is -0.497 e. The number of aryl methyl sites for hydroxylation is 1. The molecule has 152 valence electrons. The van der Waals surface area contributed by atoms with Crippen molar-refractivity contribution in [3.8, 4) is 27.7 Å². The normalized spacial score (nSPS) is 10.8. The van der Waals surface area contributed by atoms with E-state index in [1.54, 1.807) is 44.8 Å². The highest BCUT2D eigenvalue weighted by atomic mass is 32.1. The molecule has 0 unspecified atom stereocenters. The molecule has 30 heavy (non-hydrogen) atoms. The summed E-state index contributed by atoms with van der Waals surface area (Å²) in [7, 11) is 4.83. The first-order valence-electron chi connectivity index (χ1n) is 9.50. The van der Waals surface area contributed by atoms with Gasteiger partial charge in [0.05, 0.1) is 21.3 Å². The lowest BCUT2D eigenvalue weighted by molar-refractivity contribution is 0.104. The van der Waals surface area contributed by atoms with Crippen LogP contribution in [-0.4, -0.2) is 27.1 Å². The molecule has 0 amide bonds. The predicted octanol–water partition coefficient (Wildman–Crippen LogP) is 6.13. The van der Waals surface area contributed by atoms with Crippen molar-refractivity contribution in [1.82, 2.24) is 0 Å². The zero-order chi connectivity index (χ0) is 21.3. The maximum atomic E-state index is 13.6. The number of benzene rings is 3. The third-order valence-electron chi connectivity index (χ3n) is 5.07. The molecule has 4 rings (SSSR count). The van der Waals surface area contributed by atoms with E-state index in [4.69, 9.17) is 14.2 Å². The lowest BCUT2D eigenvalue weighted by Crippen LogP contribution is -2.02. The van der Waals surface area contributed by atoms with E-state index >= 15 is 0 Å². The Balaban J connectivity index is 1.92. The van der Waals surface area contributed by atoms with Gasteiger partial charge in [-0.2, -0.15) is 0 Å². The van der Waals surface area contributed by atoms with Crippen molar-refractivity contribution in [2.45, 2.75) is 6.92 Å². The van der Waals surface area contributed by atoms with E-state index < -0.39 is 0 Å². The second-order valence-corrected chi connectivity index (χ2v) is 7.99. The Labute approximate surface area is 179 Å². The Hall–Kier alpha value is -3.31. The van der Waals surface area contributed by atoms with Gasteiger partial charge < -0.3 is 14.2 Å². The van der Waals surface area contributed by atoms with Crippen LogP contribution in [0.4, 0.5) is 0 Å². The molecule has 0 saturated carbocycles. The first kappa shape index (κ1) is 20.0. The summed E-state index contributed by atoms with van der Waals surface area (Å²) in [4.78, 5) is 14.5. The number of ketones is 1. The van der Waals surface area contributed by atoms with Crippen molar-refractivity contribution in [3.63, 3.8) is 0 Å². The number of methoxy groups -OCH3 is 3. The van der Waals surface area contributed by atoms with Crippen molar-refractivity contribution in [2.75, 3.05) is 21.3 Å². The third kappa shape index (κ3) is 3.53. The minimum atomic E-state index is -0.0162. The minimum absolute atomic E-state index is 0.0162. The number of thiophene rings is 1. The molecule has 0 aliphatic rings. The molecular formula is C25H22O4S. The molecule has 0 atom stereocenters. The number of ether oxygens (including phenoxy) is 3. The van der Waals surface area contributed by atoms with Gasteiger partial charge in [-0.25, -0.2) is 0 Å². The molecule has 5 heteroatoms. The molecule has 4 aromatic rings. The Kier molecular flexibility index (Phi) is 5.46. The van der Waals surface area contributed by atoms with Crippen LogP contribution in [0.15, 0.2) is 60.7 Å². The summed E-state index contributed by atoms with van der Waals surface area (Å²) in [5, 5.41) is 0.955. The summed E-state index contributed by atoms with van der Waals surface area (Å²) in [5.74, 6) is 1.99. The summed E-state index contributed by atoms with van der Waals surface area (Å²) in [6, 6.07) is 19.2. The average molecular weight is 419 g/mol. The fourth-order valence-corrected chi connectivity index (χ4v) is 4.79. The Morgan fingerprint density at radius 1 is 0.800 bits per heavy atom. The lowest BCUT2D eigenvalue weighted by atomic mass is 9.97. The van der Waals surface area contributed by atoms with Crippen LogP contribution >= 0.6 is 11.3 Å². The van der Waals surface area contributed by atoms with Gasteiger partial charge in [0.2, 0.25) is 0 Å². The molecule has 0 fully saturated rings. The Morgan fingerprint density at radius 3 is 2.20 bits per heavy atom. The molecule has 0 aliphatic carbocycles. The van der Waals surface area contributed by atoms with Gasteiger partial charge in [-0.1, -0.05) is 12.1 Å². The molecule has 0 saturated heterocycles. The number of carbonyl (C=O) groups is 1. The number of carbonyl (C=O) groups excluding carboxylic acids is 1. The van der Waals surface area contributed by atoms with Crippen LogP contribution in [-0.2, 0) is 0 Å². The van der Waals surface area contributed by atoms with E-state index in [0.717, 1.165) is 31.8 Å². The van der Waals surface area contributed by atoms with Gasteiger partial charge in [0, 0.05) is 26.1 Å².